The van der Waals surface area contributed by atoms with Gasteiger partial charge in [0.05, 0.1) is 35.8 Å². The van der Waals surface area contributed by atoms with Crippen molar-refractivity contribution in [1.82, 2.24) is 0 Å². The zero-order valence-electron chi connectivity index (χ0n) is 19.6. The third-order valence-corrected chi connectivity index (χ3v) is 8.42. The Morgan fingerprint density at radius 2 is 1.73 bits per heavy atom. The van der Waals surface area contributed by atoms with Gasteiger partial charge in [0.1, 0.15) is 4.90 Å². The number of amides is 1. The summed E-state index contributed by atoms with van der Waals surface area (Å²) in [6, 6.07) is 15.2. The fourth-order valence-corrected chi connectivity index (χ4v) is 5.78. The van der Waals surface area contributed by atoms with E-state index < -0.39 is 21.9 Å². The summed E-state index contributed by atoms with van der Waals surface area (Å²) in [6.45, 7) is 1.85. The number of morpholine rings is 1. The average molecular weight is 609 g/mol. The maximum absolute atomic E-state index is 13.8. The Bertz CT molecular complexity index is 1440. The molecule has 0 spiro atoms. The van der Waals surface area contributed by atoms with Crippen molar-refractivity contribution in [2.45, 2.75) is 4.90 Å². The summed E-state index contributed by atoms with van der Waals surface area (Å²) in [7, 11) is -2.69. The van der Waals surface area contributed by atoms with Crippen LogP contribution in [-0.2, 0) is 14.8 Å². The van der Waals surface area contributed by atoms with Crippen LogP contribution in [0.4, 0.5) is 17.1 Å². The summed E-state index contributed by atoms with van der Waals surface area (Å²) in [5.41, 5.74) is 0.867. The molecular weight excluding hydrogens is 586 g/mol. The van der Waals surface area contributed by atoms with Gasteiger partial charge < -0.3 is 20.1 Å². The molecule has 3 aromatic rings. The summed E-state index contributed by atoms with van der Waals surface area (Å²) < 4.78 is 34.7. The molecule has 1 amide bonds. The first-order chi connectivity index (χ1) is 17.6. The number of halogens is 2. The van der Waals surface area contributed by atoms with Crippen molar-refractivity contribution in [3.8, 4) is 0 Å². The molecule has 1 aliphatic heterocycles. The van der Waals surface area contributed by atoms with Crippen LogP contribution < -0.4 is 14.5 Å². The number of hydrogen-bond acceptors (Lipinski definition) is 6. The second kappa shape index (κ2) is 11.1. The molecule has 1 heterocycles. The van der Waals surface area contributed by atoms with E-state index in [1.165, 1.54) is 31.3 Å². The van der Waals surface area contributed by atoms with Gasteiger partial charge >= 0.3 is 5.97 Å². The fraction of sp³-hybridized carbons (Fsp3) is 0.200. The molecule has 2 N–H and O–H groups in total. The number of nitrogens with one attached hydrogen (secondary N) is 1. The number of anilines is 3. The third kappa shape index (κ3) is 5.90. The standard InChI is InChI=1S/C25H23BrClN3O6S/c1-29(19-6-4-18(27)5-7-19)37(34,35)23-14-16(2-9-22(23)30-10-12-36-13-11-30)24(31)28-21-8-3-17(26)15-20(21)25(32)33/h2-9,14-15H,10-13H2,1H3,(H,28,31)(H,32,33). The molecule has 0 aliphatic carbocycles. The van der Waals surface area contributed by atoms with E-state index >= 15 is 0 Å². The van der Waals surface area contributed by atoms with Gasteiger partial charge in [-0.05, 0) is 60.7 Å². The SMILES string of the molecule is CN(c1ccc(Cl)cc1)S(=O)(=O)c1cc(C(=O)Nc2ccc(Br)cc2C(=O)O)ccc1N1CCOCC1. The monoisotopic (exact) mass is 607 g/mol. The van der Waals surface area contributed by atoms with Crippen LogP contribution >= 0.6 is 27.5 Å². The maximum atomic E-state index is 13.8. The highest BCUT2D eigenvalue weighted by molar-refractivity contribution is 9.10. The van der Waals surface area contributed by atoms with Gasteiger partial charge in [-0.2, -0.15) is 0 Å². The minimum absolute atomic E-state index is 0.0550. The van der Waals surface area contributed by atoms with Crippen LogP contribution in [0.25, 0.3) is 0 Å². The summed E-state index contributed by atoms with van der Waals surface area (Å²) in [6.07, 6.45) is 0. The predicted molar refractivity (Wildman–Crippen MR) is 146 cm³/mol. The van der Waals surface area contributed by atoms with Crippen LogP contribution in [0, 0.1) is 0 Å². The first kappa shape index (κ1) is 26.9. The molecule has 0 unspecified atom stereocenters. The lowest BCUT2D eigenvalue weighted by molar-refractivity contribution is 0.0698. The smallest absolute Gasteiger partial charge is 0.337 e. The highest BCUT2D eigenvalue weighted by Gasteiger charge is 2.29. The van der Waals surface area contributed by atoms with Gasteiger partial charge in [-0.15, -0.1) is 0 Å². The van der Waals surface area contributed by atoms with Crippen LogP contribution in [0.15, 0.2) is 70.0 Å². The lowest BCUT2D eigenvalue weighted by Gasteiger charge is -2.31. The molecule has 4 rings (SSSR count). The van der Waals surface area contributed by atoms with Crippen LogP contribution in [0.1, 0.15) is 20.7 Å². The van der Waals surface area contributed by atoms with Crippen molar-refractivity contribution >= 4 is 66.5 Å². The lowest BCUT2D eigenvalue weighted by atomic mass is 10.1. The van der Waals surface area contributed by atoms with Crippen molar-refractivity contribution < 1.29 is 27.9 Å². The number of carbonyl (C=O) groups is 2. The first-order valence-corrected chi connectivity index (χ1v) is 13.7. The number of carbonyl (C=O) groups excluding carboxylic acids is 1. The number of nitrogens with zero attached hydrogens (tertiary/aromatic N) is 2. The van der Waals surface area contributed by atoms with Crippen molar-refractivity contribution in [3.05, 3.63) is 81.3 Å². The zero-order valence-corrected chi connectivity index (χ0v) is 22.8. The summed E-state index contributed by atoms with van der Waals surface area (Å²) in [4.78, 5) is 26.6. The lowest BCUT2D eigenvalue weighted by Crippen LogP contribution is -2.38. The van der Waals surface area contributed by atoms with Crippen molar-refractivity contribution in [2.75, 3.05) is 47.9 Å². The van der Waals surface area contributed by atoms with Gasteiger partial charge in [0.25, 0.3) is 15.9 Å². The minimum atomic E-state index is -4.11. The molecule has 9 nitrogen and oxygen atoms in total. The number of aromatic carboxylic acids is 1. The van der Waals surface area contributed by atoms with Gasteiger partial charge in [0, 0.05) is 35.2 Å². The molecule has 1 aliphatic rings. The van der Waals surface area contributed by atoms with Gasteiger partial charge in [-0.1, -0.05) is 27.5 Å². The predicted octanol–water partition coefficient (Wildman–Crippen LogP) is 4.71. The molecule has 1 saturated heterocycles. The molecular formula is C25H23BrClN3O6S. The number of hydrogen-bond donors (Lipinski definition) is 2. The summed E-state index contributed by atoms with van der Waals surface area (Å²) >= 11 is 9.19. The van der Waals surface area contributed by atoms with Crippen LogP contribution in [-0.4, -0.2) is 58.8 Å². The number of sulfonamides is 1. The van der Waals surface area contributed by atoms with Gasteiger partial charge in [0.2, 0.25) is 0 Å². The first-order valence-electron chi connectivity index (χ1n) is 11.1. The minimum Gasteiger partial charge on any atom is -0.478 e. The molecule has 0 saturated carbocycles. The zero-order chi connectivity index (χ0) is 26.7. The van der Waals surface area contributed by atoms with Crippen molar-refractivity contribution in [1.29, 1.82) is 0 Å². The molecule has 1 fully saturated rings. The average Bonchev–Trinajstić information content (AvgIpc) is 2.89. The molecule has 12 heteroatoms. The van der Waals surface area contributed by atoms with Gasteiger partial charge in [0.15, 0.2) is 0 Å². The molecule has 0 atom stereocenters. The Kier molecular flexibility index (Phi) is 8.08. The second-order valence-corrected chi connectivity index (χ2v) is 11.5. The maximum Gasteiger partial charge on any atom is 0.337 e. The number of rotatable bonds is 7. The summed E-state index contributed by atoms with van der Waals surface area (Å²) in [5, 5.41) is 12.6. The van der Waals surface area contributed by atoms with Gasteiger partial charge in [-0.3, -0.25) is 9.10 Å². The van der Waals surface area contributed by atoms with Crippen molar-refractivity contribution in [3.63, 3.8) is 0 Å². The Hall–Kier alpha value is -3.12. The molecule has 0 radical (unpaired) electrons. The summed E-state index contributed by atoms with van der Waals surface area (Å²) in [5.74, 6) is -1.86. The number of carboxylic acid groups (broad SMARTS) is 1. The Morgan fingerprint density at radius 1 is 1.05 bits per heavy atom. The van der Waals surface area contributed by atoms with Crippen LogP contribution in [0.3, 0.4) is 0 Å². The second-order valence-electron chi connectivity index (χ2n) is 8.18. The van der Waals surface area contributed by atoms with E-state index in [0.717, 1.165) is 4.31 Å². The Balaban J connectivity index is 1.75. The quantitative estimate of drug-likeness (QED) is 0.399. The molecule has 0 aromatic heterocycles. The van der Waals surface area contributed by atoms with E-state index in [-0.39, 0.29) is 21.7 Å². The van der Waals surface area contributed by atoms with Gasteiger partial charge in [-0.25, -0.2) is 13.2 Å². The topological polar surface area (TPSA) is 116 Å². The number of carboxylic acids is 1. The van der Waals surface area contributed by atoms with Crippen molar-refractivity contribution in [2.24, 2.45) is 0 Å². The van der Waals surface area contributed by atoms with E-state index in [4.69, 9.17) is 16.3 Å². The number of benzene rings is 3. The third-order valence-electron chi connectivity index (χ3n) is 5.86. The van der Waals surface area contributed by atoms with E-state index in [0.29, 0.717) is 47.2 Å². The van der Waals surface area contributed by atoms with E-state index in [1.807, 2.05) is 4.90 Å². The molecule has 37 heavy (non-hydrogen) atoms. The van der Waals surface area contributed by atoms with E-state index in [9.17, 15) is 23.1 Å². The number of ether oxygens (including phenoxy) is 1. The molecule has 194 valence electrons. The largest absolute Gasteiger partial charge is 0.478 e. The molecule has 3 aromatic carbocycles. The van der Waals surface area contributed by atoms with E-state index in [1.54, 1.807) is 36.4 Å². The highest BCUT2D eigenvalue weighted by atomic mass is 79.9. The van der Waals surface area contributed by atoms with E-state index in [2.05, 4.69) is 21.2 Å². The normalized spacial score (nSPS) is 13.8. The fourth-order valence-electron chi connectivity index (χ4n) is 3.86. The van der Waals surface area contributed by atoms with Crippen LogP contribution in [0.2, 0.25) is 5.02 Å². The Morgan fingerprint density at radius 3 is 2.38 bits per heavy atom. The van der Waals surface area contributed by atoms with Crippen LogP contribution in [0.5, 0.6) is 0 Å². The highest BCUT2D eigenvalue weighted by Crippen LogP contribution is 2.32. The Labute approximate surface area is 227 Å². The molecule has 0 bridgehead atoms.